The Kier molecular flexibility index (Phi) is 5.46. The maximum atomic E-state index is 11.5. The van der Waals surface area contributed by atoms with Crippen LogP contribution in [0.3, 0.4) is 0 Å². The van der Waals surface area contributed by atoms with E-state index in [-0.39, 0.29) is 35.1 Å². The molecule has 0 amide bonds. The second kappa shape index (κ2) is 7.35. The monoisotopic (exact) mass is 392 g/mol. The summed E-state index contributed by atoms with van der Waals surface area (Å²) in [7, 11) is 0. The third-order valence-electron chi connectivity index (χ3n) is 10.3. The summed E-state index contributed by atoms with van der Waals surface area (Å²) in [6, 6.07) is 0. The topological polar surface area (TPSA) is 77.8 Å². The lowest BCUT2D eigenvalue weighted by atomic mass is 9.43. The van der Waals surface area contributed by atoms with Crippen molar-refractivity contribution in [2.75, 3.05) is 0 Å². The number of aldehydes is 1. The van der Waals surface area contributed by atoms with Crippen molar-refractivity contribution in [1.82, 2.24) is 0 Å². The van der Waals surface area contributed by atoms with Crippen molar-refractivity contribution >= 4 is 6.29 Å². The summed E-state index contributed by atoms with van der Waals surface area (Å²) in [5.41, 5.74) is -0.0194. The van der Waals surface area contributed by atoms with E-state index in [4.69, 9.17) is 0 Å². The summed E-state index contributed by atoms with van der Waals surface area (Å²) in [5, 5.41) is 32.9. The SMILES string of the molecule is CC(CCC=O)C1CCC2C3C(C[C@H](O)[C@]12C)[C@@]1(C)CC[C@@H](O)C[C@H]1C[C@H]3O. The van der Waals surface area contributed by atoms with Gasteiger partial charge in [0.1, 0.15) is 6.29 Å². The van der Waals surface area contributed by atoms with Gasteiger partial charge >= 0.3 is 0 Å². The highest BCUT2D eigenvalue weighted by Gasteiger charge is 2.65. The van der Waals surface area contributed by atoms with Crippen LogP contribution in [-0.4, -0.2) is 39.9 Å². The van der Waals surface area contributed by atoms with Crippen LogP contribution < -0.4 is 0 Å². The molecule has 0 aromatic carbocycles. The second-order valence-corrected chi connectivity index (χ2v) is 11.2. The lowest BCUT2D eigenvalue weighted by Crippen LogP contribution is -2.62. The number of carbonyl (C=O) groups is 1. The van der Waals surface area contributed by atoms with Gasteiger partial charge in [-0.3, -0.25) is 0 Å². The van der Waals surface area contributed by atoms with E-state index in [1.807, 2.05) is 0 Å². The van der Waals surface area contributed by atoms with Crippen molar-refractivity contribution in [2.45, 2.75) is 96.9 Å². The average Bonchev–Trinajstić information content (AvgIpc) is 3.01. The van der Waals surface area contributed by atoms with Crippen LogP contribution in [0.1, 0.15) is 78.6 Å². The van der Waals surface area contributed by atoms with Crippen molar-refractivity contribution < 1.29 is 20.1 Å². The maximum Gasteiger partial charge on any atom is 0.120 e. The first-order chi connectivity index (χ1) is 13.2. The van der Waals surface area contributed by atoms with Crippen LogP contribution in [0.2, 0.25) is 0 Å². The van der Waals surface area contributed by atoms with Gasteiger partial charge in [0.15, 0.2) is 0 Å². The van der Waals surface area contributed by atoms with E-state index >= 15 is 0 Å². The molecular weight excluding hydrogens is 352 g/mol. The molecule has 4 aliphatic rings. The molecule has 0 heterocycles. The summed E-state index contributed by atoms with van der Waals surface area (Å²) >= 11 is 0. The van der Waals surface area contributed by atoms with Gasteiger partial charge in [-0.05, 0) is 97.7 Å². The quantitative estimate of drug-likeness (QED) is 0.639. The summed E-state index contributed by atoms with van der Waals surface area (Å²) in [6.45, 7) is 6.90. The van der Waals surface area contributed by atoms with Crippen LogP contribution in [0.15, 0.2) is 0 Å². The van der Waals surface area contributed by atoms with Crippen LogP contribution in [0.25, 0.3) is 0 Å². The molecule has 3 N–H and O–H groups in total. The molecule has 28 heavy (non-hydrogen) atoms. The van der Waals surface area contributed by atoms with Crippen molar-refractivity contribution in [3.8, 4) is 0 Å². The summed E-state index contributed by atoms with van der Waals surface area (Å²) in [4.78, 5) is 10.9. The minimum absolute atomic E-state index is 0.132. The molecule has 0 aliphatic heterocycles. The predicted molar refractivity (Wildman–Crippen MR) is 108 cm³/mol. The van der Waals surface area contributed by atoms with E-state index in [1.165, 1.54) is 0 Å². The third-order valence-corrected chi connectivity index (χ3v) is 10.3. The summed E-state index contributed by atoms with van der Waals surface area (Å²) < 4.78 is 0. The van der Waals surface area contributed by atoms with Crippen molar-refractivity contribution in [3.05, 3.63) is 0 Å². The highest BCUT2D eigenvalue weighted by molar-refractivity contribution is 5.49. The first kappa shape index (κ1) is 20.8. The number of aliphatic hydroxyl groups is 3. The van der Waals surface area contributed by atoms with Gasteiger partial charge in [-0.2, -0.15) is 0 Å². The van der Waals surface area contributed by atoms with Crippen molar-refractivity contribution in [1.29, 1.82) is 0 Å². The molecule has 0 aromatic rings. The van der Waals surface area contributed by atoms with E-state index in [0.717, 1.165) is 57.7 Å². The van der Waals surface area contributed by atoms with Gasteiger partial charge in [0, 0.05) is 6.42 Å². The fourth-order valence-electron chi connectivity index (χ4n) is 8.66. The fourth-order valence-corrected chi connectivity index (χ4v) is 8.66. The minimum atomic E-state index is -0.334. The van der Waals surface area contributed by atoms with E-state index < -0.39 is 0 Å². The number of hydrogen-bond donors (Lipinski definition) is 3. The van der Waals surface area contributed by atoms with Gasteiger partial charge in [0.2, 0.25) is 0 Å². The Labute approximate surface area is 170 Å². The molecule has 11 atom stereocenters. The second-order valence-electron chi connectivity index (χ2n) is 11.2. The first-order valence-electron chi connectivity index (χ1n) is 11.7. The Hall–Kier alpha value is -0.450. The largest absolute Gasteiger partial charge is 0.393 e. The van der Waals surface area contributed by atoms with Crippen LogP contribution in [0.5, 0.6) is 0 Å². The fraction of sp³-hybridized carbons (Fsp3) is 0.958. The zero-order valence-electron chi connectivity index (χ0n) is 17.9. The Balaban J connectivity index is 1.63. The summed E-state index contributed by atoms with van der Waals surface area (Å²) in [5.74, 6) is 2.22. The Morgan fingerprint density at radius 1 is 1.04 bits per heavy atom. The van der Waals surface area contributed by atoms with Gasteiger partial charge in [-0.15, -0.1) is 0 Å². The molecule has 0 radical (unpaired) electrons. The number of hydrogen-bond acceptors (Lipinski definition) is 4. The number of carbonyl (C=O) groups excluding carboxylic acids is 1. The highest BCUT2D eigenvalue weighted by Crippen LogP contribution is 2.68. The molecule has 4 aliphatic carbocycles. The Bertz CT molecular complexity index is 593. The molecule has 4 rings (SSSR count). The number of aliphatic hydroxyl groups excluding tert-OH is 3. The molecule has 0 spiro atoms. The summed E-state index contributed by atoms with van der Waals surface area (Å²) in [6.07, 6.45) is 8.11. The number of fused-ring (bicyclic) bond motifs is 5. The number of rotatable bonds is 4. The Morgan fingerprint density at radius 2 is 1.79 bits per heavy atom. The molecule has 4 saturated carbocycles. The van der Waals surface area contributed by atoms with Crippen molar-refractivity contribution in [3.63, 3.8) is 0 Å². The maximum absolute atomic E-state index is 11.5. The molecule has 5 unspecified atom stereocenters. The van der Waals surface area contributed by atoms with Gasteiger partial charge in [0.25, 0.3) is 0 Å². The van der Waals surface area contributed by atoms with Crippen LogP contribution in [0, 0.1) is 46.3 Å². The standard InChI is InChI=1S/C24H40O4/c1-14(5-4-10-25)17-6-7-18-22-19(13-21(28)24(17,18)3)23(2)9-8-16(26)11-15(23)12-20(22)27/h10,14-22,26-28H,4-9,11-13H2,1-3H3/t14?,15-,16+,17?,18?,19?,20+,21-,22?,23-,24+/m0/s1. The van der Waals surface area contributed by atoms with E-state index in [1.54, 1.807) is 0 Å². The van der Waals surface area contributed by atoms with Crippen molar-refractivity contribution in [2.24, 2.45) is 46.3 Å². The average molecular weight is 393 g/mol. The minimum Gasteiger partial charge on any atom is -0.393 e. The molecule has 4 nitrogen and oxygen atoms in total. The third kappa shape index (κ3) is 2.93. The molecular formula is C24H40O4. The smallest absolute Gasteiger partial charge is 0.120 e. The zero-order chi connectivity index (χ0) is 20.3. The molecule has 0 aromatic heterocycles. The van der Waals surface area contributed by atoms with E-state index in [0.29, 0.717) is 36.0 Å². The van der Waals surface area contributed by atoms with Crippen LogP contribution in [-0.2, 0) is 4.79 Å². The molecule has 4 heteroatoms. The van der Waals surface area contributed by atoms with E-state index in [9.17, 15) is 20.1 Å². The van der Waals surface area contributed by atoms with Crippen LogP contribution >= 0.6 is 0 Å². The molecule has 0 saturated heterocycles. The molecule has 4 fully saturated rings. The van der Waals surface area contributed by atoms with Gasteiger partial charge in [-0.25, -0.2) is 0 Å². The van der Waals surface area contributed by atoms with Gasteiger partial charge in [0.05, 0.1) is 18.3 Å². The molecule has 0 bridgehead atoms. The first-order valence-corrected chi connectivity index (χ1v) is 11.7. The van der Waals surface area contributed by atoms with Crippen LogP contribution in [0.4, 0.5) is 0 Å². The Morgan fingerprint density at radius 3 is 2.50 bits per heavy atom. The molecule has 160 valence electrons. The zero-order valence-corrected chi connectivity index (χ0v) is 17.9. The highest BCUT2D eigenvalue weighted by atomic mass is 16.3. The normalized spacial score (nSPS) is 54.4. The van der Waals surface area contributed by atoms with Gasteiger partial charge in [-0.1, -0.05) is 20.8 Å². The lowest BCUT2D eigenvalue weighted by Gasteiger charge is -2.63. The lowest BCUT2D eigenvalue weighted by molar-refractivity contribution is -0.207. The van der Waals surface area contributed by atoms with Gasteiger partial charge < -0.3 is 20.1 Å². The van der Waals surface area contributed by atoms with E-state index in [2.05, 4.69) is 20.8 Å². The predicted octanol–water partition coefficient (Wildman–Crippen LogP) is 3.56.